The summed E-state index contributed by atoms with van der Waals surface area (Å²) < 4.78 is 0.987. The highest BCUT2D eigenvalue weighted by atomic mass is 32.1. The number of H-pyrrole nitrogens is 1. The Balaban J connectivity index is 1.87. The van der Waals surface area contributed by atoms with Crippen LogP contribution in [0.15, 0.2) is 46.0 Å². The Morgan fingerprint density at radius 3 is 2.73 bits per heavy atom. The molecule has 2 aromatic heterocycles. The summed E-state index contributed by atoms with van der Waals surface area (Å²) in [6.07, 6.45) is 0. The van der Waals surface area contributed by atoms with Crippen molar-refractivity contribution in [1.29, 1.82) is 0 Å². The third kappa shape index (κ3) is 2.58. The van der Waals surface area contributed by atoms with Crippen LogP contribution in [0.4, 0.5) is 0 Å². The Morgan fingerprint density at radius 1 is 1.27 bits per heavy atom. The summed E-state index contributed by atoms with van der Waals surface area (Å²) in [6, 6.07) is 11.0. The first kappa shape index (κ1) is 14.3. The molecule has 0 unspecified atom stereocenters. The Morgan fingerprint density at radius 2 is 2.00 bits per heavy atom. The van der Waals surface area contributed by atoms with E-state index in [2.05, 4.69) is 10.3 Å². The van der Waals surface area contributed by atoms with Crippen LogP contribution < -0.4 is 16.6 Å². The third-order valence-corrected chi connectivity index (χ3v) is 4.36. The van der Waals surface area contributed by atoms with E-state index in [1.54, 1.807) is 0 Å². The number of aromatic nitrogens is 2. The van der Waals surface area contributed by atoms with Gasteiger partial charge < -0.3 is 5.32 Å². The van der Waals surface area contributed by atoms with E-state index in [0.717, 1.165) is 21.5 Å². The number of hydrogen-bond acceptors (Lipinski definition) is 4. The van der Waals surface area contributed by atoms with Gasteiger partial charge in [-0.15, -0.1) is 11.3 Å². The predicted molar refractivity (Wildman–Crippen MR) is 85.3 cm³/mol. The van der Waals surface area contributed by atoms with Crippen LogP contribution in [-0.4, -0.2) is 15.5 Å². The van der Waals surface area contributed by atoms with Crippen molar-refractivity contribution in [3.63, 3.8) is 0 Å². The molecule has 0 saturated heterocycles. The molecule has 0 saturated carbocycles. The van der Waals surface area contributed by atoms with Crippen molar-refractivity contribution in [1.82, 2.24) is 14.9 Å². The van der Waals surface area contributed by atoms with Crippen molar-refractivity contribution in [2.45, 2.75) is 6.54 Å². The van der Waals surface area contributed by atoms with Crippen molar-refractivity contribution < 1.29 is 4.79 Å². The molecule has 0 atom stereocenters. The lowest BCUT2D eigenvalue weighted by Gasteiger charge is -2.02. The maximum atomic E-state index is 12.2. The Bertz CT molecular complexity index is 954. The minimum Gasteiger partial charge on any atom is -0.347 e. The van der Waals surface area contributed by atoms with E-state index in [1.165, 1.54) is 13.1 Å². The molecule has 1 amide bonds. The van der Waals surface area contributed by atoms with Gasteiger partial charge in [0.05, 0.1) is 10.3 Å². The van der Waals surface area contributed by atoms with E-state index in [0.29, 0.717) is 21.6 Å². The maximum Gasteiger partial charge on any atom is 0.329 e. The van der Waals surface area contributed by atoms with Gasteiger partial charge >= 0.3 is 5.69 Å². The number of rotatable bonds is 3. The van der Waals surface area contributed by atoms with Crippen molar-refractivity contribution in [2.24, 2.45) is 7.05 Å². The number of carbonyl (C=O) groups excluding carboxylic acids is 1. The van der Waals surface area contributed by atoms with E-state index < -0.39 is 11.2 Å². The van der Waals surface area contributed by atoms with E-state index in [9.17, 15) is 14.4 Å². The highest BCUT2D eigenvalue weighted by molar-refractivity contribution is 7.20. The molecule has 2 N–H and O–H groups in total. The van der Waals surface area contributed by atoms with Crippen molar-refractivity contribution in [3.05, 3.63) is 67.7 Å². The van der Waals surface area contributed by atoms with Crippen LogP contribution in [0.3, 0.4) is 0 Å². The lowest BCUT2D eigenvalue weighted by molar-refractivity contribution is 0.0955. The second-order valence-electron chi connectivity index (χ2n) is 4.82. The topological polar surface area (TPSA) is 84.0 Å². The van der Waals surface area contributed by atoms with Crippen molar-refractivity contribution >= 4 is 27.5 Å². The molecule has 0 fully saturated rings. The molecule has 2 heterocycles. The number of fused-ring (bicyclic) bond motifs is 1. The van der Waals surface area contributed by atoms with Gasteiger partial charge in [-0.25, -0.2) is 4.79 Å². The maximum absolute atomic E-state index is 12.2. The molecule has 3 aromatic rings. The fourth-order valence-electron chi connectivity index (χ4n) is 2.07. The Hall–Kier alpha value is -2.67. The monoisotopic (exact) mass is 315 g/mol. The van der Waals surface area contributed by atoms with Crippen molar-refractivity contribution in [3.8, 4) is 0 Å². The van der Waals surface area contributed by atoms with Gasteiger partial charge in [0, 0.05) is 13.6 Å². The molecular formula is C15H13N3O3S. The minimum absolute atomic E-state index is 0.270. The number of nitrogens with zero attached hydrogens (tertiary/aromatic N) is 1. The molecule has 7 heteroatoms. The van der Waals surface area contributed by atoms with Gasteiger partial charge in [-0.2, -0.15) is 0 Å². The molecule has 0 aliphatic carbocycles. The summed E-state index contributed by atoms with van der Waals surface area (Å²) in [5.41, 5.74) is 0.0917. The lowest BCUT2D eigenvalue weighted by atomic mass is 10.2. The number of aromatic amines is 1. The normalized spacial score (nSPS) is 10.8. The molecule has 0 aliphatic rings. The van der Waals surface area contributed by atoms with Crippen LogP contribution in [0.25, 0.3) is 10.2 Å². The zero-order valence-corrected chi connectivity index (χ0v) is 12.6. The molecular weight excluding hydrogens is 302 g/mol. The summed E-state index contributed by atoms with van der Waals surface area (Å²) >= 11 is 1.10. The average molecular weight is 315 g/mol. The predicted octanol–water partition coefficient (Wildman–Crippen LogP) is 1.22. The molecule has 0 aliphatic heterocycles. The summed E-state index contributed by atoms with van der Waals surface area (Å²) in [5.74, 6) is -0.270. The van der Waals surface area contributed by atoms with Gasteiger partial charge in [-0.1, -0.05) is 30.3 Å². The van der Waals surface area contributed by atoms with Gasteiger partial charge in [0.15, 0.2) is 0 Å². The van der Waals surface area contributed by atoms with Crippen LogP contribution in [0.2, 0.25) is 0 Å². The fraction of sp³-hybridized carbons (Fsp3) is 0.133. The first-order valence-electron chi connectivity index (χ1n) is 6.61. The van der Waals surface area contributed by atoms with Crippen LogP contribution in [-0.2, 0) is 13.6 Å². The second kappa shape index (κ2) is 5.61. The van der Waals surface area contributed by atoms with Crippen LogP contribution in [0, 0.1) is 0 Å². The van der Waals surface area contributed by atoms with E-state index in [1.807, 2.05) is 30.3 Å². The van der Waals surface area contributed by atoms with Crippen LogP contribution in [0.5, 0.6) is 0 Å². The molecule has 0 bridgehead atoms. The largest absolute Gasteiger partial charge is 0.347 e. The SMILES string of the molecule is Cn1c(=O)[nH]c2sc(C(=O)NCc3ccccc3)cc2c1=O. The number of hydrogen-bond donors (Lipinski definition) is 2. The molecule has 3 rings (SSSR count). The molecule has 0 radical (unpaired) electrons. The number of carbonyl (C=O) groups is 1. The summed E-state index contributed by atoms with van der Waals surface area (Å²) in [5, 5.41) is 3.14. The molecule has 0 spiro atoms. The molecule has 112 valence electrons. The first-order valence-corrected chi connectivity index (χ1v) is 7.43. The summed E-state index contributed by atoms with van der Waals surface area (Å²) in [6.45, 7) is 0.405. The van der Waals surface area contributed by atoms with E-state index >= 15 is 0 Å². The van der Waals surface area contributed by atoms with Gasteiger partial charge in [0.1, 0.15) is 4.83 Å². The van der Waals surface area contributed by atoms with Gasteiger partial charge in [0.2, 0.25) is 0 Å². The Kier molecular flexibility index (Phi) is 3.64. The zero-order chi connectivity index (χ0) is 15.7. The fourth-order valence-corrected chi connectivity index (χ4v) is 3.03. The smallest absolute Gasteiger partial charge is 0.329 e. The number of benzene rings is 1. The van der Waals surface area contributed by atoms with Gasteiger partial charge in [-0.3, -0.25) is 19.1 Å². The van der Waals surface area contributed by atoms with E-state index in [4.69, 9.17) is 0 Å². The highest BCUT2D eigenvalue weighted by Crippen LogP contribution is 2.20. The highest BCUT2D eigenvalue weighted by Gasteiger charge is 2.14. The number of amides is 1. The minimum atomic E-state index is -0.490. The number of nitrogens with one attached hydrogen (secondary N) is 2. The Labute approximate surface area is 129 Å². The van der Waals surface area contributed by atoms with E-state index in [-0.39, 0.29) is 5.91 Å². The van der Waals surface area contributed by atoms with Gasteiger partial charge in [0.25, 0.3) is 11.5 Å². The van der Waals surface area contributed by atoms with Crippen LogP contribution >= 0.6 is 11.3 Å². The zero-order valence-electron chi connectivity index (χ0n) is 11.8. The van der Waals surface area contributed by atoms with Crippen LogP contribution in [0.1, 0.15) is 15.2 Å². The average Bonchev–Trinajstić information content (AvgIpc) is 2.95. The third-order valence-electron chi connectivity index (χ3n) is 3.31. The molecule has 1 aromatic carbocycles. The number of thiophene rings is 1. The van der Waals surface area contributed by atoms with Gasteiger partial charge in [-0.05, 0) is 11.6 Å². The molecule has 6 nitrogen and oxygen atoms in total. The quantitative estimate of drug-likeness (QED) is 0.762. The standard InChI is InChI=1S/C15H13N3O3S/c1-18-14(20)10-7-11(22-13(10)17-15(18)21)12(19)16-8-9-5-3-2-4-6-9/h2-7H,8H2,1H3,(H,16,19)(H,17,21). The second-order valence-corrected chi connectivity index (χ2v) is 5.87. The lowest BCUT2D eigenvalue weighted by Crippen LogP contribution is -2.31. The first-order chi connectivity index (χ1) is 10.6. The molecule has 22 heavy (non-hydrogen) atoms. The summed E-state index contributed by atoms with van der Waals surface area (Å²) in [4.78, 5) is 39.1. The summed E-state index contributed by atoms with van der Waals surface area (Å²) in [7, 11) is 1.40. The van der Waals surface area contributed by atoms with Crippen molar-refractivity contribution in [2.75, 3.05) is 0 Å².